The Morgan fingerprint density at radius 3 is 2.55 bits per heavy atom. The summed E-state index contributed by atoms with van der Waals surface area (Å²) in [4.78, 5) is 16.2. The molecule has 22 heavy (non-hydrogen) atoms. The van der Waals surface area contributed by atoms with E-state index >= 15 is 0 Å². The largest absolute Gasteiger partial charge is 0.277 e. The zero-order valence-corrected chi connectivity index (χ0v) is 12.2. The van der Waals surface area contributed by atoms with E-state index in [1.165, 1.54) is 0 Å². The summed E-state index contributed by atoms with van der Waals surface area (Å²) >= 11 is 0. The lowest BCUT2D eigenvalue weighted by Crippen LogP contribution is -2.11. The van der Waals surface area contributed by atoms with Crippen molar-refractivity contribution in [2.75, 3.05) is 0 Å². The normalized spacial score (nSPS) is 11.4. The molecule has 0 saturated heterocycles. The monoisotopic (exact) mass is 289 g/mol. The zero-order chi connectivity index (χ0) is 15.4. The van der Waals surface area contributed by atoms with Crippen molar-refractivity contribution in [1.82, 2.24) is 9.78 Å². The van der Waals surface area contributed by atoms with E-state index in [0.29, 0.717) is 10.9 Å². The van der Waals surface area contributed by atoms with E-state index in [4.69, 9.17) is 0 Å². The Morgan fingerprint density at radius 2 is 1.86 bits per heavy atom. The van der Waals surface area contributed by atoms with Crippen molar-refractivity contribution < 1.29 is 4.79 Å². The van der Waals surface area contributed by atoms with Gasteiger partial charge in [-0.05, 0) is 37.3 Å². The predicted octanol–water partition coefficient (Wildman–Crippen LogP) is 2.92. The number of aromatic nitrogens is 2. The van der Waals surface area contributed by atoms with E-state index in [1.54, 1.807) is 29.2 Å². The highest BCUT2D eigenvalue weighted by Crippen LogP contribution is 2.05. The molecular formula is C18H15N3O. The van der Waals surface area contributed by atoms with Crippen molar-refractivity contribution in [2.45, 2.75) is 6.92 Å². The summed E-state index contributed by atoms with van der Waals surface area (Å²) in [7, 11) is 0. The van der Waals surface area contributed by atoms with Crippen LogP contribution in [-0.2, 0) is 0 Å². The Bertz CT molecular complexity index is 846. The van der Waals surface area contributed by atoms with Crippen molar-refractivity contribution >= 4 is 5.91 Å². The van der Waals surface area contributed by atoms with E-state index in [9.17, 15) is 4.79 Å². The maximum Gasteiger partial charge on any atom is 0.277 e. The minimum absolute atomic E-state index is 0.261. The van der Waals surface area contributed by atoms with Gasteiger partial charge in [0.05, 0.1) is 17.2 Å². The summed E-state index contributed by atoms with van der Waals surface area (Å²) in [6.07, 6.45) is 3.37. The summed E-state index contributed by atoms with van der Waals surface area (Å²) in [5, 5.41) is 4.82. The summed E-state index contributed by atoms with van der Waals surface area (Å²) in [5.41, 5.74) is 2.58. The maximum atomic E-state index is 12.1. The molecule has 0 fully saturated rings. The van der Waals surface area contributed by atoms with Crippen LogP contribution in [0.2, 0.25) is 0 Å². The van der Waals surface area contributed by atoms with Gasteiger partial charge >= 0.3 is 0 Å². The molecule has 1 aromatic heterocycles. The molecule has 108 valence electrons. The Hall–Kier alpha value is -3.01. The second-order valence-electron chi connectivity index (χ2n) is 4.95. The molecule has 4 nitrogen and oxygen atoms in total. The van der Waals surface area contributed by atoms with Crippen LogP contribution in [-0.4, -0.2) is 15.7 Å². The van der Waals surface area contributed by atoms with Gasteiger partial charge in [-0.2, -0.15) is 5.10 Å². The lowest BCUT2D eigenvalue weighted by atomic mass is 10.1. The highest BCUT2D eigenvalue weighted by Gasteiger charge is 2.03. The van der Waals surface area contributed by atoms with Gasteiger partial charge in [-0.15, -0.1) is 0 Å². The quantitative estimate of drug-likeness (QED) is 0.728. The Balaban J connectivity index is 1.88. The molecule has 0 aliphatic rings. The molecule has 3 aromatic rings. The van der Waals surface area contributed by atoms with E-state index in [0.717, 1.165) is 11.3 Å². The summed E-state index contributed by atoms with van der Waals surface area (Å²) in [5.74, 6) is -0.261. The van der Waals surface area contributed by atoms with Gasteiger partial charge < -0.3 is 0 Å². The van der Waals surface area contributed by atoms with Gasteiger partial charge in [-0.3, -0.25) is 4.79 Å². The molecule has 0 bridgehead atoms. The van der Waals surface area contributed by atoms with Crippen molar-refractivity contribution in [2.24, 2.45) is 4.99 Å². The smallest absolute Gasteiger partial charge is 0.267 e. The van der Waals surface area contributed by atoms with E-state index in [1.807, 2.05) is 55.5 Å². The number of aryl methyl sites for hydroxylation is 1. The fraction of sp³-hybridized carbons (Fsp3) is 0.0556. The van der Waals surface area contributed by atoms with Crippen LogP contribution >= 0.6 is 0 Å². The first kappa shape index (κ1) is 13.9. The van der Waals surface area contributed by atoms with Crippen LogP contribution in [0.5, 0.6) is 0 Å². The Kier molecular flexibility index (Phi) is 3.92. The number of hydrogen-bond acceptors (Lipinski definition) is 2. The molecular weight excluding hydrogens is 274 g/mol. The second-order valence-corrected chi connectivity index (χ2v) is 4.95. The number of carbonyl (C=O) groups is 1. The van der Waals surface area contributed by atoms with Crippen LogP contribution in [0.3, 0.4) is 0 Å². The number of carbonyl (C=O) groups excluding carboxylic acids is 1. The number of para-hydroxylation sites is 1. The van der Waals surface area contributed by atoms with Gasteiger partial charge in [0.15, 0.2) is 0 Å². The van der Waals surface area contributed by atoms with E-state index in [2.05, 4.69) is 10.1 Å². The average molecular weight is 289 g/mol. The lowest BCUT2D eigenvalue weighted by molar-refractivity contribution is 0.0998. The van der Waals surface area contributed by atoms with Crippen molar-refractivity contribution in [1.29, 1.82) is 0 Å². The molecule has 0 atom stereocenters. The Labute approximate surface area is 128 Å². The predicted molar refractivity (Wildman–Crippen MR) is 84.6 cm³/mol. The van der Waals surface area contributed by atoms with Gasteiger partial charge in [0.25, 0.3) is 5.91 Å². The first-order valence-corrected chi connectivity index (χ1v) is 6.98. The van der Waals surface area contributed by atoms with Crippen molar-refractivity contribution in [3.05, 3.63) is 89.5 Å². The third-order valence-corrected chi connectivity index (χ3v) is 3.22. The van der Waals surface area contributed by atoms with E-state index < -0.39 is 0 Å². The van der Waals surface area contributed by atoms with Crippen LogP contribution in [0.15, 0.2) is 78.0 Å². The maximum absolute atomic E-state index is 12.1. The molecule has 4 heteroatoms. The molecule has 0 N–H and O–H groups in total. The number of benzene rings is 2. The molecule has 0 spiro atoms. The van der Waals surface area contributed by atoms with Crippen LogP contribution in [0.1, 0.15) is 15.9 Å². The standard InChI is InChI=1S/C18H15N3O/c1-14-6-5-7-15(12-14)18(22)20-16-10-11-21(19-13-16)17-8-3-2-4-9-17/h2-13H,1H3. The van der Waals surface area contributed by atoms with Gasteiger partial charge in [0.2, 0.25) is 0 Å². The molecule has 0 aliphatic heterocycles. The number of rotatable bonds is 2. The van der Waals surface area contributed by atoms with Crippen LogP contribution < -0.4 is 5.36 Å². The summed E-state index contributed by atoms with van der Waals surface area (Å²) < 4.78 is 1.73. The molecule has 2 aromatic carbocycles. The topological polar surface area (TPSA) is 47.2 Å². The van der Waals surface area contributed by atoms with Crippen LogP contribution in [0, 0.1) is 6.92 Å². The summed E-state index contributed by atoms with van der Waals surface area (Å²) in [6.45, 7) is 1.95. The van der Waals surface area contributed by atoms with Crippen LogP contribution in [0.25, 0.3) is 5.69 Å². The highest BCUT2D eigenvalue weighted by molar-refractivity contribution is 5.95. The van der Waals surface area contributed by atoms with Gasteiger partial charge in [-0.1, -0.05) is 35.9 Å². The molecule has 1 heterocycles. The minimum atomic E-state index is -0.261. The number of nitrogens with zero attached hydrogens (tertiary/aromatic N) is 3. The zero-order valence-electron chi connectivity index (χ0n) is 12.2. The fourth-order valence-electron chi connectivity index (χ4n) is 2.11. The Morgan fingerprint density at radius 1 is 1.05 bits per heavy atom. The van der Waals surface area contributed by atoms with Crippen molar-refractivity contribution in [3.8, 4) is 5.69 Å². The molecule has 1 amide bonds. The molecule has 0 saturated carbocycles. The number of amides is 1. The third kappa shape index (κ3) is 3.17. The fourth-order valence-corrected chi connectivity index (χ4v) is 2.11. The van der Waals surface area contributed by atoms with Gasteiger partial charge in [0.1, 0.15) is 0 Å². The summed E-state index contributed by atoms with van der Waals surface area (Å²) in [6, 6.07) is 18.9. The minimum Gasteiger partial charge on any atom is -0.267 e. The molecule has 0 aliphatic carbocycles. The van der Waals surface area contributed by atoms with Gasteiger partial charge in [-0.25, -0.2) is 9.67 Å². The molecule has 0 unspecified atom stereocenters. The number of hydrogen-bond donors (Lipinski definition) is 0. The van der Waals surface area contributed by atoms with Gasteiger partial charge in [0, 0.05) is 11.8 Å². The first-order valence-electron chi connectivity index (χ1n) is 6.98. The third-order valence-electron chi connectivity index (χ3n) is 3.22. The lowest BCUT2D eigenvalue weighted by Gasteiger charge is -2.03. The second kappa shape index (κ2) is 6.18. The van der Waals surface area contributed by atoms with E-state index in [-0.39, 0.29) is 5.91 Å². The SMILES string of the molecule is Cc1cccc(C(=O)N=c2ccn(-c3ccccc3)nc2)c1. The van der Waals surface area contributed by atoms with Crippen LogP contribution in [0.4, 0.5) is 0 Å². The van der Waals surface area contributed by atoms with Crippen molar-refractivity contribution in [3.63, 3.8) is 0 Å². The average Bonchev–Trinajstić information content (AvgIpc) is 2.56. The molecule has 0 radical (unpaired) electrons. The highest BCUT2D eigenvalue weighted by atomic mass is 16.1. The first-order chi connectivity index (χ1) is 10.7. The molecule has 3 rings (SSSR count).